The summed E-state index contributed by atoms with van der Waals surface area (Å²) in [6.07, 6.45) is -10.3. The molecule has 0 aliphatic carbocycles. The molecule has 0 radical (unpaired) electrons. The summed E-state index contributed by atoms with van der Waals surface area (Å²) in [6, 6.07) is 11.5. The van der Waals surface area contributed by atoms with E-state index in [1.807, 2.05) is 0 Å². The topological polar surface area (TPSA) is 194 Å². The van der Waals surface area contributed by atoms with Gasteiger partial charge in [0.15, 0.2) is 0 Å². The normalized spacial score (nSPS) is 34.5. The summed E-state index contributed by atoms with van der Waals surface area (Å²) in [6.45, 7) is -44.1. The number of benzene rings is 3. The molecule has 354 valence electrons. The van der Waals surface area contributed by atoms with Crippen LogP contribution in [-0.2, 0) is 40.0 Å². The van der Waals surface area contributed by atoms with Gasteiger partial charge in [-0.05, 0) is 42.0 Å². The van der Waals surface area contributed by atoms with Crippen molar-refractivity contribution in [3.05, 3.63) is 83.9 Å². The third-order valence-corrected chi connectivity index (χ3v) is 7.80. The van der Waals surface area contributed by atoms with E-state index in [1.54, 1.807) is 41.0 Å². The van der Waals surface area contributed by atoms with Crippen LogP contribution in [0.5, 0.6) is 0 Å². The number of carbonyl (C=O) groups excluding carboxylic acids is 6. The summed E-state index contributed by atoms with van der Waals surface area (Å²) >= 11 is 0. The molecule has 65 heavy (non-hydrogen) atoms. The van der Waals surface area contributed by atoms with E-state index in [9.17, 15) is 33.9 Å². The zero-order chi connectivity index (χ0) is 68.4. The lowest BCUT2D eigenvalue weighted by Crippen LogP contribution is -2.50. The molecule has 4 aliphatic rings. The van der Waals surface area contributed by atoms with Gasteiger partial charge in [-0.3, -0.25) is 29.0 Å². The second-order valence-electron chi connectivity index (χ2n) is 12.3. The van der Waals surface area contributed by atoms with Crippen LogP contribution in [0.3, 0.4) is 0 Å². The molecular formula is C43H56F2N8O10S2. The van der Waals surface area contributed by atoms with Crippen molar-refractivity contribution in [2.24, 2.45) is 0 Å². The highest BCUT2D eigenvalue weighted by atomic mass is 32.1. The Balaban J connectivity index is 0.000000385. The van der Waals surface area contributed by atoms with E-state index in [0.29, 0.717) is 42.0 Å². The van der Waals surface area contributed by atoms with Gasteiger partial charge in [-0.25, -0.2) is 18.4 Å². The van der Waals surface area contributed by atoms with Crippen LogP contribution in [0.15, 0.2) is 66.7 Å². The number of hydrogen-bond donors (Lipinski definition) is 3. The third kappa shape index (κ3) is 14.1. The molecule has 0 saturated carbocycles. The Kier molecular flexibility index (Phi) is 9.68. The van der Waals surface area contributed by atoms with E-state index < -0.39 is 178 Å². The minimum atomic E-state index is -3.72. The number of carbonyl (C=O) groups is 6. The summed E-state index contributed by atoms with van der Waals surface area (Å²) in [5, 5.41) is 12.5. The smallest absolute Gasteiger partial charge is 0.414 e. The minimum Gasteiger partial charge on any atom is -0.442 e. The molecule has 0 bridgehead atoms. The molecule has 4 aliphatic heterocycles. The fourth-order valence-corrected chi connectivity index (χ4v) is 4.94. The monoisotopic (exact) mass is 973 g/mol. The molecule has 0 aromatic heterocycles. The van der Waals surface area contributed by atoms with Crippen molar-refractivity contribution < 1.29 is 92.5 Å². The number of anilines is 4. The zero-order valence-corrected chi connectivity index (χ0v) is 35.5. The molecule has 0 spiro atoms. The van der Waals surface area contributed by atoms with E-state index in [0.717, 1.165) is 13.8 Å². The highest BCUT2D eigenvalue weighted by Gasteiger charge is 2.35. The third-order valence-electron chi connectivity index (χ3n) is 7.80. The number of nitrogens with zero attached hydrogens (tertiary/aromatic N) is 6. The van der Waals surface area contributed by atoms with Gasteiger partial charge in [0, 0.05) is 65.8 Å². The van der Waals surface area contributed by atoms with Gasteiger partial charge in [-0.2, -0.15) is 27.0 Å². The summed E-state index contributed by atoms with van der Waals surface area (Å²) in [5.74, 6) is -8.58. The number of piperazine rings is 2. The standard InChI is InChI=1S/C25H29FN4O5.C18H23FN4O5.2H2S/c1-18(31)27-14-21-15-30(25(33)35-21)20-7-8-23(22(26)13-20)28-9-11-29(12-10-28)24(32)17-34-16-19-5-3-2-4-6-19;1-12(25)20-9-14-10-23(18(27)28-14)13-2-3-16(15(19)8-13)21-4-6-22(7-5-21)17(26)11-24;;/h2-8,13,21H,9-12,14-17H2,1H3,(H,27,31);2-3,8,14,24H,4-7,9-11H2,1H3,(H,20,25);2*1H2/t21-;14-;;/m00../s1/i9D2,10D2,11D2,12D2,14D2,15D2,21D;4D2,5D2,6D2,7D2,9D2,10D2,14D;;. The van der Waals surface area contributed by atoms with Crippen LogP contribution in [0.2, 0.25) is 0 Å². The maximum absolute atomic E-state index is 15.8. The highest BCUT2D eigenvalue weighted by Crippen LogP contribution is 2.30. The second-order valence-corrected chi connectivity index (χ2v) is 12.3. The number of rotatable bonds is 13. The van der Waals surface area contributed by atoms with Crippen molar-refractivity contribution in [1.29, 1.82) is 0 Å². The molecule has 6 amide bonds. The summed E-state index contributed by atoms with van der Waals surface area (Å²) in [5.41, 5.74) is -3.19. The van der Waals surface area contributed by atoms with Crippen LogP contribution in [0.4, 0.5) is 41.1 Å². The van der Waals surface area contributed by atoms with E-state index in [4.69, 9.17) is 40.4 Å². The molecule has 4 heterocycles. The van der Waals surface area contributed by atoms with Crippen LogP contribution >= 0.6 is 27.0 Å². The Morgan fingerprint density at radius 3 is 1.55 bits per heavy atom. The molecule has 18 nitrogen and oxygen atoms in total. The van der Waals surface area contributed by atoms with Crippen molar-refractivity contribution in [1.82, 2.24) is 20.4 Å². The number of aliphatic hydroxyl groups is 1. The summed E-state index contributed by atoms with van der Waals surface area (Å²) in [7, 11) is 0. The minimum absolute atomic E-state index is 0. The predicted molar refractivity (Wildman–Crippen MR) is 247 cm³/mol. The van der Waals surface area contributed by atoms with Gasteiger partial charge in [0.1, 0.15) is 37.0 Å². The average Bonchev–Trinajstić information content (AvgIpc) is 1.51. The Labute approximate surface area is 426 Å². The van der Waals surface area contributed by atoms with E-state index >= 15 is 8.78 Å². The van der Waals surface area contributed by atoms with Crippen LogP contribution in [-0.4, -0.2) is 154 Å². The van der Waals surface area contributed by atoms with Crippen LogP contribution < -0.4 is 30.2 Å². The van der Waals surface area contributed by atoms with Crippen molar-refractivity contribution in [2.75, 3.05) is 111 Å². The van der Waals surface area contributed by atoms with Gasteiger partial charge in [0.25, 0.3) is 0 Å². The highest BCUT2D eigenvalue weighted by molar-refractivity contribution is 7.59. The molecule has 7 rings (SSSR count). The summed E-state index contributed by atoms with van der Waals surface area (Å²) < 4.78 is 261. The van der Waals surface area contributed by atoms with E-state index in [-0.39, 0.29) is 58.1 Å². The number of aliphatic hydroxyl groups excluding tert-OH is 1. The number of cyclic esters (lactones) is 2. The molecular weight excluding hydrogens is 891 g/mol. The SMILES string of the molecule is S.S.[2H]C1([2H])N(C(=O)CO)C([2H])([2H])C([2H])([2H])N(c2ccc(N3C(=O)O[C@@]([2H])(C([2H])([2H])NC(C)=O)C3([2H])[2H])cc2F)C1([2H])[2H].[2H]C1([2H])N(C(=O)COCc2ccccc2)C([2H])([2H])C([2H])([2H])N(c2ccc(N3C(=O)O[C@@]([2H])(C([2H])([2H])NC(C)=O)C3([2H])[2H])cc2F)C1([2H])[2H]. The maximum atomic E-state index is 15.8. The number of halogens is 2. The average molecular weight is 973 g/mol. The first-order valence-electron chi connectivity index (χ1n) is 30.8. The fourth-order valence-electron chi connectivity index (χ4n) is 4.94. The molecule has 3 aromatic carbocycles. The largest absolute Gasteiger partial charge is 0.442 e. The van der Waals surface area contributed by atoms with Crippen LogP contribution in [0, 0.1) is 11.6 Å². The Hall–Kier alpha value is -5.84. The second kappa shape index (κ2) is 24.4. The van der Waals surface area contributed by atoms with Crippen molar-refractivity contribution >= 4 is 85.6 Å². The van der Waals surface area contributed by atoms with Crippen molar-refractivity contribution in [2.45, 2.75) is 32.6 Å². The molecule has 3 N–H and O–H groups in total. The number of nitrogens with one attached hydrogen (secondary N) is 2. The Morgan fingerprint density at radius 1 is 0.723 bits per heavy atom. The van der Waals surface area contributed by atoms with Crippen molar-refractivity contribution in [3.63, 3.8) is 0 Å². The Bertz CT molecular complexity index is 3300. The van der Waals surface area contributed by atoms with E-state index in [2.05, 4.69) is 9.47 Å². The van der Waals surface area contributed by atoms with Gasteiger partial charge in [0.2, 0.25) is 23.6 Å². The predicted octanol–water partition coefficient (Wildman–Crippen LogP) is 2.31. The first kappa shape index (κ1) is 25.7. The zero-order valence-electron chi connectivity index (χ0n) is 59.5. The molecule has 4 fully saturated rings. The lowest BCUT2D eigenvalue weighted by Gasteiger charge is -2.36. The van der Waals surface area contributed by atoms with Crippen molar-refractivity contribution in [3.8, 4) is 0 Å². The maximum Gasteiger partial charge on any atom is 0.414 e. The van der Waals surface area contributed by atoms with Gasteiger partial charge in [-0.15, -0.1) is 0 Å². The van der Waals surface area contributed by atoms with E-state index in [1.165, 1.54) is 0 Å². The lowest BCUT2D eigenvalue weighted by molar-refractivity contribution is -0.137. The number of hydrogen-bond acceptors (Lipinski definition) is 12. The van der Waals surface area contributed by atoms with Crippen LogP contribution in [0.25, 0.3) is 0 Å². The molecule has 0 unspecified atom stereocenters. The fraction of sp³-hybridized carbons (Fsp3) is 0.442. The van der Waals surface area contributed by atoms with Gasteiger partial charge in [0.05, 0.1) is 91.0 Å². The number of ether oxygens (including phenoxy) is 3. The lowest BCUT2D eigenvalue weighted by atomic mass is 10.2. The first-order valence-corrected chi connectivity index (χ1v) is 17.8. The van der Waals surface area contributed by atoms with Gasteiger partial charge in [-0.1, -0.05) is 30.3 Å². The summed E-state index contributed by atoms with van der Waals surface area (Å²) in [4.78, 5) is 72.3. The molecule has 3 aromatic rings. The molecule has 2 atom stereocenters. The first-order chi connectivity index (χ1) is 40.1. The van der Waals surface area contributed by atoms with Crippen LogP contribution in [0.1, 0.15) is 55.1 Å². The van der Waals surface area contributed by atoms with Gasteiger partial charge < -0.3 is 49.6 Å². The molecule has 22 heteroatoms. The number of amides is 6. The van der Waals surface area contributed by atoms with Gasteiger partial charge >= 0.3 is 12.2 Å². The Morgan fingerprint density at radius 2 is 1.15 bits per heavy atom. The quantitative estimate of drug-likeness (QED) is 0.227. The molecule has 4 saturated heterocycles.